The summed E-state index contributed by atoms with van der Waals surface area (Å²) < 4.78 is 11.1. The lowest BCUT2D eigenvalue weighted by Gasteiger charge is -2.35. The fourth-order valence-electron chi connectivity index (χ4n) is 4.87. The highest BCUT2D eigenvalue weighted by molar-refractivity contribution is 5.94. The van der Waals surface area contributed by atoms with Crippen LogP contribution in [0.2, 0.25) is 0 Å². The number of benzene rings is 2. The van der Waals surface area contributed by atoms with Gasteiger partial charge in [0.25, 0.3) is 0 Å². The van der Waals surface area contributed by atoms with Gasteiger partial charge in [-0.3, -0.25) is 14.4 Å². The zero-order chi connectivity index (χ0) is 35.2. The van der Waals surface area contributed by atoms with Crippen LogP contribution in [0.3, 0.4) is 0 Å². The van der Waals surface area contributed by atoms with E-state index in [1.807, 2.05) is 37.3 Å². The van der Waals surface area contributed by atoms with Crippen molar-refractivity contribution in [2.75, 3.05) is 6.54 Å². The quantitative estimate of drug-likeness (QED) is 0.171. The molecule has 0 aliphatic heterocycles. The molecule has 0 aliphatic rings. The number of rotatable bonds is 16. The second kappa shape index (κ2) is 18.1. The summed E-state index contributed by atoms with van der Waals surface area (Å²) in [5.41, 5.74) is 5.08. The van der Waals surface area contributed by atoms with Crippen LogP contribution >= 0.6 is 0 Å². The minimum atomic E-state index is -1.22. The normalized spacial score (nSPS) is 13.4. The van der Waals surface area contributed by atoms with E-state index in [0.29, 0.717) is 12.0 Å². The molecular formula is C36H52N4O7. The molecule has 258 valence electrons. The van der Waals surface area contributed by atoms with Gasteiger partial charge in [0.15, 0.2) is 0 Å². The number of amides is 4. The van der Waals surface area contributed by atoms with Crippen molar-refractivity contribution in [3.05, 3.63) is 71.8 Å². The third kappa shape index (κ3) is 14.3. The van der Waals surface area contributed by atoms with Crippen LogP contribution in [-0.4, -0.2) is 64.5 Å². The smallest absolute Gasteiger partial charge is 0.408 e. The maximum Gasteiger partial charge on any atom is 0.408 e. The first-order valence-electron chi connectivity index (χ1n) is 16.2. The van der Waals surface area contributed by atoms with Crippen LogP contribution in [0, 0.1) is 0 Å². The molecule has 0 saturated heterocycles. The first kappa shape index (κ1) is 38.8. The van der Waals surface area contributed by atoms with Crippen LogP contribution in [-0.2, 0) is 35.1 Å². The summed E-state index contributed by atoms with van der Waals surface area (Å²) in [4.78, 5) is 68.2. The molecule has 0 radical (unpaired) electrons. The zero-order valence-electron chi connectivity index (χ0n) is 28.8. The molecule has 11 heteroatoms. The molecule has 0 saturated carbocycles. The van der Waals surface area contributed by atoms with E-state index in [4.69, 9.17) is 15.2 Å². The maximum absolute atomic E-state index is 14.4. The van der Waals surface area contributed by atoms with Gasteiger partial charge >= 0.3 is 12.1 Å². The standard InChI is InChI=1S/C36H52N4O7/c1-8-9-16-23-40(32(43)27(21-22-29(37)41)39-34(45)47-36(5,6)7)30(26-19-14-11-15-20-26)31(42)38-28(33(44)46-35(2,3)4)24-25-17-12-10-13-18-25/h10-15,17-20,27-28,30H,8-9,16,21-24H2,1-7H3,(H2,37,41)(H,38,42)(H,39,45). The Morgan fingerprint density at radius 3 is 1.89 bits per heavy atom. The molecule has 0 aromatic heterocycles. The van der Waals surface area contributed by atoms with Crippen molar-refractivity contribution in [3.63, 3.8) is 0 Å². The molecule has 0 spiro atoms. The monoisotopic (exact) mass is 652 g/mol. The van der Waals surface area contributed by atoms with E-state index in [1.165, 1.54) is 4.90 Å². The van der Waals surface area contributed by atoms with Crippen molar-refractivity contribution in [2.24, 2.45) is 5.73 Å². The number of ether oxygens (including phenoxy) is 2. The van der Waals surface area contributed by atoms with Gasteiger partial charge in [0.05, 0.1) is 0 Å². The number of primary amides is 1. The highest BCUT2D eigenvalue weighted by atomic mass is 16.6. The molecule has 3 atom stereocenters. The van der Waals surface area contributed by atoms with Crippen LogP contribution in [0.4, 0.5) is 4.79 Å². The minimum absolute atomic E-state index is 0.102. The Morgan fingerprint density at radius 1 is 0.787 bits per heavy atom. The van der Waals surface area contributed by atoms with Gasteiger partial charge in [-0.25, -0.2) is 9.59 Å². The molecule has 4 N–H and O–H groups in total. The van der Waals surface area contributed by atoms with Crippen molar-refractivity contribution >= 4 is 29.8 Å². The molecule has 2 aromatic rings. The second-order valence-electron chi connectivity index (χ2n) is 13.5. The van der Waals surface area contributed by atoms with E-state index >= 15 is 0 Å². The molecular weight excluding hydrogens is 600 g/mol. The van der Waals surface area contributed by atoms with E-state index in [-0.39, 0.29) is 25.8 Å². The molecule has 11 nitrogen and oxygen atoms in total. The highest BCUT2D eigenvalue weighted by Crippen LogP contribution is 2.25. The Bertz CT molecular complexity index is 1320. The predicted octanol–water partition coefficient (Wildman–Crippen LogP) is 4.97. The fraction of sp³-hybridized carbons (Fsp3) is 0.528. The molecule has 0 fully saturated rings. The van der Waals surface area contributed by atoms with Gasteiger partial charge < -0.3 is 30.7 Å². The van der Waals surface area contributed by atoms with Crippen molar-refractivity contribution in [1.29, 1.82) is 0 Å². The van der Waals surface area contributed by atoms with Gasteiger partial charge in [-0.2, -0.15) is 0 Å². The number of alkyl carbamates (subject to hydrolysis) is 1. The van der Waals surface area contributed by atoms with Gasteiger partial charge in [0.2, 0.25) is 17.7 Å². The minimum Gasteiger partial charge on any atom is -0.458 e. The van der Waals surface area contributed by atoms with Crippen molar-refractivity contribution in [1.82, 2.24) is 15.5 Å². The van der Waals surface area contributed by atoms with Gasteiger partial charge in [-0.05, 0) is 65.5 Å². The molecule has 0 bridgehead atoms. The fourth-order valence-corrected chi connectivity index (χ4v) is 4.87. The molecule has 47 heavy (non-hydrogen) atoms. The number of carbonyl (C=O) groups is 5. The lowest BCUT2D eigenvalue weighted by Crippen LogP contribution is -2.55. The number of nitrogens with one attached hydrogen (secondary N) is 2. The number of hydrogen-bond acceptors (Lipinski definition) is 7. The van der Waals surface area contributed by atoms with E-state index in [1.54, 1.807) is 71.9 Å². The summed E-state index contributed by atoms with van der Waals surface area (Å²) in [5.74, 6) is -2.45. The highest BCUT2D eigenvalue weighted by Gasteiger charge is 2.38. The summed E-state index contributed by atoms with van der Waals surface area (Å²) in [5, 5.41) is 5.48. The topological polar surface area (TPSA) is 157 Å². The molecule has 2 aromatic carbocycles. The van der Waals surface area contributed by atoms with E-state index in [0.717, 1.165) is 18.4 Å². The summed E-state index contributed by atoms with van der Waals surface area (Å²) in [6, 6.07) is 14.5. The van der Waals surface area contributed by atoms with Crippen molar-refractivity contribution in [3.8, 4) is 0 Å². The van der Waals surface area contributed by atoms with Gasteiger partial charge in [-0.15, -0.1) is 0 Å². The van der Waals surface area contributed by atoms with E-state index in [2.05, 4.69) is 10.6 Å². The van der Waals surface area contributed by atoms with E-state index in [9.17, 15) is 24.0 Å². The Kier molecular flexibility index (Phi) is 14.9. The first-order valence-corrected chi connectivity index (χ1v) is 16.2. The molecule has 0 aliphatic carbocycles. The van der Waals surface area contributed by atoms with Crippen LogP contribution in [0.1, 0.15) is 97.7 Å². The average Bonchev–Trinajstić information content (AvgIpc) is 2.97. The number of unbranched alkanes of at least 4 members (excludes halogenated alkanes) is 2. The number of nitrogens with two attached hydrogens (primary N) is 1. The van der Waals surface area contributed by atoms with Crippen LogP contribution in [0.15, 0.2) is 60.7 Å². The van der Waals surface area contributed by atoms with Crippen molar-refractivity contribution in [2.45, 2.75) is 116 Å². The van der Waals surface area contributed by atoms with Gasteiger partial charge in [0, 0.05) is 19.4 Å². The first-order chi connectivity index (χ1) is 22.0. The van der Waals surface area contributed by atoms with E-state index < -0.39 is 59.1 Å². The number of hydrogen-bond donors (Lipinski definition) is 3. The largest absolute Gasteiger partial charge is 0.458 e. The maximum atomic E-state index is 14.4. The van der Waals surface area contributed by atoms with Crippen molar-refractivity contribution < 1.29 is 33.4 Å². The molecule has 0 heterocycles. The number of carbonyl (C=O) groups excluding carboxylic acids is 5. The lowest BCUT2D eigenvalue weighted by molar-refractivity contribution is -0.159. The number of esters is 1. The predicted molar refractivity (Wildman–Crippen MR) is 180 cm³/mol. The van der Waals surface area contributed by atoms with Crippen LogP contribution in [0.5, 0.6) is 0 Å². The van der Waals surface area contributed by atoms with Crippen LogP contribution < -0.4 is 16.4 Å². The molecule has 2 rings (SSSR count). The van der Waals surface area contributed by atoms with Gasteiger partial charge in [-0.1, -0.05) is 80.4 Å². The number of nitrogens with zero attached hydrogens (tertiary/aromatic N) is 1. The Hall–Kier alpha value is -4.41. The second-order valence-corrected chi connectivity index (χ2v) is 13.5. The summed E-state index contributed by atoms with van der Waals surface area (Å²) in [6.45, 7) is 12.5. The zero-order valence-corrected chi connectivity index (χ0v) is 28.8. The molecule has 4 amide bonds. The summed E-state index contributed by atoms with van der Waals surface area (Å²) in [6.07, 6.45) is 1.21. The lowest BCUT2D eigenvalue weighted by atomic mass is 9.99. The SMILES string of the molecule is CCCCCN(C(=O)C(CCC(N)=O)NC(=O)OC(C)(C)C)C(C(=O)NC(Cc1ccccc1)C(=O)OC(C)(C)C)c1ccccc1. The molecule has 3 unspecified atom stereocenters. The third-order valence-corrected chi connectivity index (χ3v) is 6.92. The Morgan fingerprint density at radius 2 is 1.36 bits per heavy atom. The Balaban J connectivity index is 2.59. The van der Waals surface area contributed by atoms with Gasteiger partial charge in [0.1, 0.15) is 29.3 Å². The summed E-state index contributed by atoms with van der Waals surface area (Å²) >= 11 is 0. The summed E-state index contributed by atoms with van der Waals surface area (Å²) in [7, 11) is 0. The van der Waals surface area contributed by atoms with Crippen LogP contribution in [0.25, 0.3) is 0 Å². The average molecular weight is 653 g/mol. The Labute approximate surface area is 278 Å². The third-order valence-electron chi connectivity index (χ3n) is 6.92.